The second kappa shape index (κ2) is 4.13. The topological polar surface area (TPSA) is 38.3 Å². The van der Waals surface area contributed by atoms with Crippen molar-refractivity contribution in [2.75, 3.05) is 13.2 Å². The summed E-state index contributed by atoms with van der Waals surface area (Å²) in [6, 6.07) is 10.2. The molecule has 0 bridgehead atoms. The Morgan fingerprint density at radius 2 is 2.14 bits per heavy atom. The zero-order chi connectivity index (χ0) is 9.80. The van der Waals surface area contributed by atoms with E-state index in [1.54, 1.807) is 0 Å². The molecule has 1 heterocycles. The first-order valence-corrected chi connectivity index (χ1v) is 4.79. The fourth-order valence-electron chi connectivity index (χ4n) is 1.61. The minimum Gasteiger partial charge on any atom is -0.449 e. The van der Waals surface area contributed by atoms with Crippen molar-refractivity contribution in [1.29, 1.82) is 0 Å². The second-order valence-corrected chi connectivity index (χ2v) is 3.54. The van der Waals surface area contributed by atoms with Crippen LogP contribution in [0, 0.1) is 5.92 Å². The first-order valence-electron chi connectivity index (χ1n) is 4.79. The molecular formula is C11H13NO2. The number of amides is 1. The van der Waals surface area contributed by atoms with Gasteiger partial charge in [-0.25, -0.2) is 4.79 Å². The van der Waals surface area contributed by atoms with Crippen molar-refractivity contribution in [2.24, 2.45) is 5.92 Å². The Morgan fingerprint density at radius 1 is 1.36 bits per heavy atom. The lowest BCUT2D eigenvalue weighted by Gasteiger charge is -2.22. The van der Waals surface area contributed by atoms with Gasteiger partial charge in [-0.05, 0) is 12.0 Å². The highest BCUT2D eigenvalue weighted by atomic mass is 16.6. The Labute approximate surface area is 83.1 Å². The predicted octanol–water partition coefficient (Wildman–Crippen LogP) is 1.59. The Hall–Kier alpha value is -1.51. The van der Waals surface area contributed by atoms with E-state index in [0.29, 0.717) is 19.1 Å². The summed E-state index contributed by atoms with van der Waals surface area (Å²) >= 11 is 0. The normalized spacial score (nSPS) is 21.1. The maximum absolute atomic E-state index is 10.7. The fourth-order valence-corrected chi connectivity index (χ4v) is 1.61. The van der Waals surface area contributed by atoms with Crippen molar-refractivity contribution in [3.63, 3.8) is 0 Å². The fraction of sp³-hybridized carbons (Fsp3) is 0.364. The van der Waals surface area contributed by atoms with E-state index in [9.17, 15) is 4.79 Å². The summed E-state index contributed by atoms with van der Waals surface area (Å²) in [7, 11) is 0. The van der Waals surface area contributed by atoms with E-state index in [4.69, 9.17) is 4.74 Å². The highest BCUT2D eigenvalue weighted by Crippen LogP contribution is 2.11. The van der Waals surface area contributed by atoms with Crippen molar-refractivity contribution in [2.45, 2.75) is 6.42 Å². The van der Waals surface area contributed by atoms with Crippen LogP contribution in [0.5, 0.6) is 0 Å². The highest BCUT2D eigenvalue weighted by Gasteiger charge is 2.18. The number of nitrogens with one attached hydrogen (secondary N) is 1. The molecule has 3 nitrogen and oxygen atoms in total. The lowest BCUT2D eigenvalue weighted by molar-refractivity contribution is 0.103. The standard InChI is InChI=1S/C11H13NO2/c13-11-12-7-10(8-14-11)6-9-4-2-1-3-5-9/h1-5,10H,6-8H2,(H,12,13). The van der Waals surface area contributed by atoms with Gasteiger partial charge in [0.15, 0.2) is 0 Å². The number of hydrogen-bond donors (Lipinski definition) is 1. The highest BCUT2D eigenvalue weighted by molar-refractivity contribution is 5.67. The van der Waals surface area contributed by atoms with Gasteiger partial charge in [0.1, 0.15) is 0 Å². The zero-order valence-corrected chi connectivity index (χ0v) is 7.90. The van der Waals surface area contributed by atoms with Gasteiger partial charge in [0.2, 0.25) is 0 Å². The number of benzene rings is 1. The molecule has 0 aliphatic carbocycles. The molecule has 1 amide bonds. The van der Waals surface area contributed by atoms with Gasteiger partial charge in [-0.15, -0.1) is 0 Å². The van der Waals surface area contributed by atoms with Crippen LogP contribution in [0.15, 0.2) is 30.3 Å². The molecule has 1 N–H and O–H groups in total. The molecule has 1 atom stereocenters. The summed E-state index contributed by atoms with van der Waals surface area (Å²) in [5.41, 5.74) is 1.29. The van der Waals surface area contributed by atoms with E-state index in [2.05, 4.69) is 17.4 Å². The van der Waals surface area contributed by atoms with E-state index in [-0.39, 0.29) is 6.09 Å². The van der Waals surface area contributed by atoms with E-state index in [0.717, 1.165) is 6.42 Å². The maximum atomic E-state index is 10.7. The molecule has 0 radical (unpaired) electrons. The molecule has 1 aromatic rings. The predicted molar refractivity (Wildman–Crippen MR) is 53.0 cm³/mol. The second-order valence-electron chi connectivity index (χ2n) is 3.54. The van der Waals surface area contributed by atoms with E-state index >= 15 is 0 Å². The van der Waals surface area contributed by atoms with Crippen LogP contribution in [0.3, 0.4) is 0 Å². The number of alkyl carbamates (subject to hydrolysis) is 1. The molecule has 2 rings (SSSR count). The van der Waals surface area contributed by atoms with Gasteiger partial charge in [0.05, 0.1) is 6.61 Å². The van der Waals surface area contributed by atoms with E-state index < -0.39 is 0 Å². The van der Waals surface area contributed by atoms with Crippen LogP contribution in [0.1, 0.15) is 5.56 Å². The Kier molecular flexibility index (Phi) is 2.68. The van der Waals surface area contributed by atoms with Crippen LogP contribution in [0.2, 0.25) is 0 Å². The van der Waals surface area contributed by atoms with Crippen LogP contribution in [0.4, 0.5) is 4.79 Å². The Balaban J connectivity index is 1.89. The summed E-state index contributed by atoms with van der Waals surface area (Å²) in [6.45, 7) is 1.24. The molecule has 3 heteroatoms. The summed E-state index contributed by atoms with van der Waals surface area (Å²) in [4.78, 5) is 10.7. The first kappa shape index (κ1) is 9.06. The number of carbonyl (C=O) groups is 1. The molecule has 1 unspecified atom stereocenters. The zero-order valence-electron chi connectivity index (χ0n) is 7.90. The average Bonchev–Trinajstić information content (AvgIpc) is 2.23. The summed E-state index contributed by atoms with van der Waals surface area (Å²) in [6.07, 6.45) is 0.663. The summed E-state index contributed by atoms with van der Waals surface area (Å²) in [5, 5.41) is 2.69. The largest absolute Gasteiger partial charge is 0.449 e. The van der Waals surface area contributed by atoms with Crippen molar-refractivity contribution in [3.8, 4) is 0 Å². The lowest BCUT2D eigenvalue weighted by atomic mass is 9.99. The van der Waals surface area contributed by atoms with Crippen LogP contribution in [-0.4, -0.2) is 19.2 Å². The molecule has 1 saturated heterocycles. The van der Waals surface area contributed by atoms with Gasteiger partial charge < -0.3 is 10.1 Å². The third-order valence-corrected chi connectivity index (χ3v) is 2.35. The molecule has 1 aliphatic heterocycles. The summed E-state index contributed by atoms with van der Waals surface area (Å²) < 4.78 is 4.91. The third-order valence-electron chi connectivity index (χ3n) is 2.35. The monoisotopic (exact) mass is 191 g/mol. The van der Waals surface area contributed by atoms with E-state index in [1.165, 1.54) is 5.56 Å². The molecule has 0 aromatic heterocycles. The van der Waals surface area contributed by atoms with E-state index in [1.807, 2.05) is 18.2 Å². The van der Waals surface area contributed by atoms with Crippen LogP contribution >= 0.6 is 0 Å². The van der Waals surface area contributed by atoms with Gasteiger partial charge in [-0.3, -0.25) is 0 Å². The first-order chi connectivity index (χ1) is 6.84. The minimum atomic E-state index is -0.297. The van der Waals surface area contributed by atoms with Gasteiger partial charge in [0.25, 0.3) is 0 Å². The van der Waals surface area contributed by atoms with Gasteiger partial charge in [-0.1, -0.05) is 30.3 Å². The van der Waals surface area contributed by atoms with Crippen LogP contribution in [0.25, 0.3) is 0 Å². The maximum Gasteiger partial charge on any atom is 0.407 e. The number of hydrogen-bond acceptors (Lipinski definition) is 2. The SMILES string of the molecule is O=C1NCC(Cc2ccccc2)CO1. The van der Waals surface area contributed by atoms with Crippen LogP contribution in [-0.2, 0) is 11.2 Å². The van der Waals surface area contributed by atoms with Crippen molar-refractivity contribution < 1.29 is 9.53 Å². The average molecular weight is 191 g/mol. The summed E-state index contributed by atoms with van der Waals surface area (Å²) in [5.74, 6) is 0.398. The Bertz CT molecular complexity index is 300. The van der Waals surface area contributed by atoms with Gasteiger partial charge in [0, 0.05) is 12.5 Å². The molecule has 74 valence electrons. The van der Waals surface area contributed by atoms with Crippen molar-refractivity contribution in [3.05, 3.63) is 35.9 Å². The van der Waals surface area contributed by atoms with Gasteiger partial charge >= 0.3 is 6.09 Å². The molecular weight excluding hydrogens is 178 g/mol. The number of carbonyl (C=O) groups excluding carboxylic acids is 1. The quantitative estimate of drug-likeness (QED) is 0.770. The number of rotatable bonds is 2. The minimum absolute atomic E-state index is 0.297. The van der Waals surface area contributed by atoms with Gasteiger partial charge in [-0.2, -0.15) is 0 Å². The lowest BCUT2D eigenvalue weighted by Crippen LogP contribution is -2.39. The molecule has 1 fully saturated rings. The molecule has 1 aromatic carbocycles. The molecule has 0 saturated carbocycles. The third kappa shape index (κ3) is 2.25. The van der Waals surface area contributed by atoms with Crippen molar-refractivity contribution in [1.82, 2.24) is 5.32 Å². The number of cyclic esters (lactones) is 1. The molecule has 1 aliphatic rings. The smallest absolute Gasteiger partial charge is 0.407 e. The molecule has 0 spiro atoms. The molecule has 14 heavy (non-hydrogen) atoms. The Morgan fingerprint density at radius 3 is 2.79 bits per heavy atom. The van der Waals surface area contributed by atoms with Crippen molar-refractivity contribution >= 4 is 6.09 Å². The number of ether oxygens (including phenoxy) is 1. The van der Waals surface area contributed by atoms with Crippen LogP contribution < -0.4 is 5.32 Å².